The van der Waals surface area contributed by atoms with Gasteiger partial charge in [-0.05, 0) is 13.3 Å². The van der Waals surface area contributed by atoms with Gasteiger partial charge in [0.25, 0.3) is 5.56 Å². The zero-order valence-corrected chi connectivity index (χ0v) is 9.10. The molecule has 5 heteroatoms. The summed E-state index contributed by atoms with van der Waals surface area (Å²) in [6.07, 6.45) is 2.38. The van der Waals surface area contributed by atoms with E-state index in [2.05, 4.69) is 0 Å². The van der Waals surface area contributed by atoms with E-state index in [1.807, 2.05) is 13.8 Å². The molecule has 1 aromatic heterocycles. The van der Waals surface area contributed by atoms with Gasteiger partial charge in [0.05, 0.1) is 0 Å². The third-order valence-electron chi connectivity index (χ3n) is 2.03. The molecule has 0 spiro atoms. The lowest BCUT2D eigenvalue weighted by molar-refractivity contribution is 0.0809. The molecule has 0 N–H and O–H groups in total. The molecule has 84 valence electrons. The fourth-order valence-electron chi connectivity index (χ4n) is 1.27. The molecule has 0 aliphatic rings. The fourth-order valence-corrected chi connectivity index (χ4v) is 1.27. The third kappa shape index (κ3) is 2.79. The van der Waals surface area contributed by atoms with E-state index in [9.17, 15) is 9.59 Å². The minimum atomic E-state index is -0.319. The molecule has 0 atom stereocenters. The van der Waals surface area contributed by atoms with E-state index < -0.39 is 0 Å². The van der Waals surface area contributed by atoms with Gasteiger partial charge in [-0.2, -0.15) is 0 Å². The molecule has 5 nitrogen and oxygen atoms in total. The Morgan fingerprint density at radius 3 is 2.67 bits per heavy atom. The number of nitrogens with zero attached hydrogens (tertiary/aromatic N) is 2. The van der Waals surface area contributed by atoms with E-state index in [0.717, 1.165) is 11.0 Å². The average molecular weight is 212 g/mol. The largest absolute Gasteiger partial charge is 0.361 e. The van der Waals surface area contributed by atoms with Crippen LogP contribution < -0.4 is 11.2 Å². The highest BCUT2D eigenvalue weighted by Gasteiger charge is 2.03. The predicted molar refractivity (Wildman–Crippen MR) is 56.9 cm³/mol. The summed E-state index contributed by atoms with van der Waals surface area (Å²) in [5.41, 5.74) is -0.626. The maximum atomic E-state index is 11.7. The smallest absolute Gasteiger partial charge is 0.332 e. The van der Waals surface area contributed by atoms with Gasteiger partial charge in [-0.3, -0.25) is 4.79 Å². The van der Waals surface area contributed by atoms with Crippen molar-refractivity contribution in [2.24, 2.45) is 0 Å². The second-order valence-electron chi connectivity index (χ2n) is 3.18. The van der Waals surface area contributed by atoms with Gasteiger partial charge < -0.3 is 9.30 Å². The number of aromatic nitrogens is 2. The Labute approximate surface area is 87.9 Å². The molecule has 1 aromatic rings. The molecule has 0 saturated heterocycles. The van der Waals surface area contributed by atoms with Crippen LogP contribution in [0.5, 0.6) is 0 Å². The van der Waals surface area contributed by atoms with Crippen LogP contribution in [0.2, 0.25) is 0 Å². The fraction of sp³-hybridized carbons (Fsp3) is 0.600. The maximum Gasteiger partial charge on any atom is 0.332 e. The van der Waals surface area contributed by atoms with Gasteiger partial charge in [-0.1, -0.05) is 6.92 Å². The number of rotatable bonds is 5. The summed E-state index contributed by atoms with van der Waals surface area (Å²) >= 11 is 0. The van der Waals surface area contributed by atoms with E-state index in [-0.39, 0.29) is 18.0 Å². The number of aryl methyl sites for hydroxylation is 1. The van der Waals surface area contributed by atoms with Crippen LogP contribution in [0.4, 0.5) is 0 Å². The van der Waals surface area contributed by atoms with Gasteiger partial charge in [-0.15, -0.1) is 0 Å². The van der Waals surface area contributed by atoms with Crippen molar-refractivity contribution in [3.05, 3.63) is 33.1 Å². The van der Waals surface area contributed by atoms with Crippen molar-refractivity contribution < 1.29 is 4.74 Å². The molecule has 0 amide bonds. The molecular weight excluding hydrogens is 196 g/mol. The van der Waals surface area contributed by atoms with Crippen LogP contribution in [-0.2, 0) is 18.0 Å². The molecule has 1 heterocycles. The molecule has 0 aliphatic carbocycles. The topological polar surface area (TPSA) is 53.2 Å². The molecule has 15 heavy (non-hydrogen) atoms. The standard InChI is InChI=1S/C10H16N2O3/c1-3-6-11-7-5-9(13)12(10(11)14)8-15-4-2/h5,7H,3-4,6,8H2,1-2H3. The van der Waals surface area contributed by atoms with Crippen molar-refractivity contribution in [2.45, 2.75) is 33.5 Å². The summed E-state index contributed by atoms with van der Waals surface area (Å²) in [4.78, 5) is 23.1. The molecule has 0 saturated carbocycles. The SMILES string of the molecule is CCCn1ccc(=O)n(COCC)c1=O. The van der Waals surface area contributed by atoms with Crippen molar-refractivity contribution in [3.63, 3.8) is 0 Å². The van der Waals surface area contributed by atoms with Crippen LogP contribution in [0.25, 0.3) is 0 Å². The van der Waals surface area contributed by atoms with Crippen molar-refractivity contribution in [2.75, 3.05) is 6.61 Å². The third-order valence-corrected chi connectivity index (χ3v) is 2.03. The molecule has 0 unspecified atom stereocenters. The van der Waals surface area contributed by atoms with Crippen LogP contribution in [0, 0.1) is 0 Å². The summed E-state index contributed by atoms with van der Waals surface area (Å²) in [7, 11) is 0. The quantitative estimate of drug-likeness (QED) is 0.710. The molecule has 0 aromatic carbocycles. The van der Waals surface area contributed by atoms with Crippen molar-refractivity contribution in [1.29, 1.82) is 0 Å². The summed E-state index contributed by atoms with van der Waals surface area (Å²) in [6.45, 7) is 4.92. The van der Waals surface area contributed by atoms with Gasteiger partial charge in [0, 0.05) is 25.4 Å². The Morgan fingerprint density at radius 1 is 1.33 bits per heavy atom. The first kappa shape index (κ1) is 11.7. The lowest BCUT2D eigenvalue weighted by Crippen LogP contribution is -2.39. The highest BCUT2D eigenvalue weighted by Crippen LogP contribution is 1.84. The predicted octanol–water partition coefficient (Wildman–Crippen LogP) is 0.414. The zero-order chi connectivity index (χ0) is 11.3. The van der Waals surface area contributed by atoms with Crippen molar-refractivity contribution >= 4 is 0 Å². The second kappa shape index (κ2) is 5.50. The molecule has 0 bridgehead atoms. The lowest BCUT2D eigenvalue weighted by Gasteiger charge is -2.08. The van der Waals surface area contributed by atoms with Gasteiger partial charge in [-0.25, -0.2) is 9.36 Å². The lowest BCUT2D eigenvalue weighted by atomic mass is 10.4. The first-order chi connectivity index (χ1) is 7.20. The number of hydrogen-bond acceptors (Lipinski definition) is 3. The second-order valence-corrected chi connectivity index (χ2v) is 3.18. The maximum absolute atomic E-state index is 11.7. The Balaban J connectivity index is 3.07. The first-order valence-corrected chi connectivity index (χ1v) is 5.08. The van der Waals surface area contributed by atoms with Gasteiger partial charge in [0.1, 0.15) is 6.73 Å². The Bertz CT molecular complexity index is 419. The van der Waals surface area contributed by atoms with Crippen LogP contribution in [0.15, 0.2) is 21.9 Å². The monoisotopic (exact) mass is 212 g/mol. The summed E-state index contributed by atoms with van der Waals surface area (Å²) < 4.78 is 7.67. The van der Waals surface area contributed by atoms with Gasteiger partial charge in [0.15, 0.2) is 0 Å². The first-order valence-electron chi connectivity index (χ1n) is 5.08. The van der Waals surface area contributed by atoms with Gasteiger partial charge in [0.2, 0.25) is 0 Å². The molecule has 1 rings (SSSR count). The van der Waals surface area contributed by atoms with E-state index in [0.29, 0.717) is 13.2 Å². The van der Waals surface area contributed by atoms with E-state index >= 15 is 0 Å². The minimum Gasteiger partial charge on any atom is -0.361 e. The van der Waals surface area contributed by atoms with Crippen LogP contribution in [-0.4, -0.2) is 15.7 Å². The normalized spacial score (nSPS) is 10.5. The highest BCUT2D eigenvalue weighted by atomic mass is 16.5. The van der Waals surface area contributed by atoms with Crippen LogP contribution in [0.1, 0.15) is 20.3 Å². The van der Waals surface area contributed by atoms with E-state index in [4.69, 9.17) is 4.74 Å². The minimum absolute atomic E-state index is 0.0265. The van der Waals surface area contributed by atoms with Crippen LogP contribution in [0.3, 0.4) is 0 Å². The summed E-state index contributed by atoms with van der Waals surface area (Å²) in [6, 6.07) is 1.38. The molecule has 0 aliphatic heterocycles. The molecule has 0 radical (unpaired) electrons. The number of ether oxygens (including phenoxy) is 1. The Hall–Kier alpha value is -1.36. The highest BCUT2D eigenvalue weighted by molar-refractivity contribution is 4.85. The Kier molecular flexibility index (Phi) is 4.30. The Morgan fingerprint density at radius 2 is 2.07 bits per heavy atom. The van der Waals surface area contributed by atoms with Gasteiger partial charge >= 0.3 is 5.69 Å². The van der Waals surface area contributed by atoms with E-state index in [1.54, 1.807) is 0 Å². The summed E-state index contributed by atoms with van der Waals surface area (Å²) in [5, 5.41) is 0. The van der Waals surface area contributed by atoms with Crippen molar-refractivity contribution in [1.82, 2.24) is 9.13 Å². The van der Waals surface area contributed by atoms with Crippen LogP contribution >= 0.6 is 0 Å². The number of hydrogen-bond donors (Lipinski definition) is 0. The molecule has 0 fully saturated rings. The van der Waals surface area contributed by atoms with Crippen molar-refractivity contribution in [3.8, 4) is 0 Å². The zero-order valence-electron chi connectivity index (χ0n) is 9.10. The average Bonchev–Trinajstić information content (AvgIpc) is 2.22. The van der Waals surface area contributed by atoms with E-state index in [1.165, 1.54) is 16.8 Å². The molecular formula is C10H16N2O3. The summed E-state index contributed by atoms with van der Waals surface area (Å²) in [5.74, 6) is 0.